The lowest BCUT2D eigenvalue weighted by Crippen LogP contribution is -2.35. The Labute approximate surface area is 136 Å². The van der Waals surface area contributed by atoms with Crippen molar-refractivity contribution in [2.75, 3.05) is 20.3 Å². The standard InChI is InChI=1S/C18H22N2O3/c1-22-15-9-5-10-16(13-15)23-12-6-11-20-18(21)17(19)14-7-3-2-4-8-14/h2-5,7-10,13,17H,6,11-12,19H2,1H3,(H,20,21). The van der Waals surface area contributed by atoms with Crippen LogP contribution in [0.4, 0.5) is 0 Å². The van der Waals surface area contributed by atoms with Gasteiger partial charge in [0.2, 0.25) is 5.91 Å². The van der Waals surface area contributed by atoms with E-state index in [1.165, 1.54) is 0 Å². The molecule has 3 N–H and O–H groups in total. The number of nitrogens with two attached hydrogens (primary N) is 1. The second-order valence-electron chi connectivity index (χ2n) is 5.06. The first-order valence-corrected chi connectivity index (χ1v) is 7.56. The van der Waals surface area contributed by atoms with Gasteiger partial charge in [-0.2, -0.15) is 0 Å². The van der Waals surface area contributed by atoms with Gasteiger partial charge in [0, 0.05) is 12.6 Å². The average Bonchev–Trinajstić information content (AvgIpc) is 2.61. The SMILES string of the molecule is COc1cccc(OCCCNC(=O)C(N)c2ccccc2)c1. The fourth-order valence-corrected chi connectivity index (χ4v) is 2.09. The Morgan fingerprint density at radius 2 is 1.87 bits per heavy atom. The van der Waals surface area contributed by atoms with Crippen LogP contribution in [-0.4, -0.2) is 26.2 Å². The van der Waals surface area contributed by atoms with Crippen molar-refractivity contribution >= 4 is 5.91 Å². The number of carbonyl (C=O) groups is 1. The third-order valence-electron chi connectivity index (χ3n) is 3.37. The molecule has 23 heavy (non-hydrogen) atoms. The minimum Gasteiger partial charge on any atom is -0.497 e. The van der Waals surface area contributed by atoms with Crippen molar-refractivity contribution in [3.63, 3.8) is 0 Å². The number of carbonyl (C=O) groups excluding carboxylic acids is 1. The topological polar surface area (TPSA) is 73.6 Å². The van der Waals surface area contributed by atoms with E-state index in [1.807, 2.05) is 54.6 Å². The summed E-state index contributed by atoms with van der Waals surface area (Å²) in [5.74, 6) is 1.32. The predicted octanol–water partition coefficient (Wildman–Crippen LogP) is 2.28. The van der Waals surface area contributed by atoms with Crippen LogP contribution in [0.3, 0.4) is 0 Å². The van der Waals surface area contributed by atoms with Crippen LogP contribution >= 0.6 is 0 Å². The molecule has 2 aromatic carbocycles. The maximum absolute atomic E-state index is 12.0. The lowest BCUT2D eigenvalue weighted by Gasteiger charge is -2.13. The summed E-state index contributed by atoms with van der Waals surface area (Å²) in [4.78, 5) is 12.0. The van der Waals surface area contributed by atoms with Crippen molar-refractivity contribution in [2.45, 2.75) is 12.5 Å². The summed E-state index contributed by atoms with van der Waals surface area (Å²) in [6.07, 6.45) is 0.699. The van der Waals surface area contributed by atoms with E-state index in [1.54, 1.807) is 7.11 Å². The van der Waals surface area contributed by atoms with E-state index in [-0.39, 0.29) is 5.91 Å². The van der Waals surface area contributed by atoms with Gasteiger partial charge < -0.3 is 20.5 Å². The van der Waals surface area contributed by atoms with Crippen LogP contribution in [0.25, 0.3) is 0 Å². The van der Waals surface area contributed by atoms with Gasteiger partial charge in [-0.1, -0.05) is 36.4 Å². The van der Waals surface area contributed by atoms with E-state index in [4.69, 9.17) is 15.2 Å². The van der Waals surface area contributed by atoms with Crippen molar-refractivity contribution in [1.82, 2.24) is 5.32 Å². The lowest BCUT2D eigenvalue weighted by molar-refractivity contribution is -0.122. The second kappa shape index (κ2) is 8.80. The van der Waals surface area contributed by atoms with Crippen LogP contribution in [0.2, 0.25) is 0 Å². The summed E-state index contributed by atoms with van der Waals surface area (Å²) in [6, 6.07) is 16.1. The molecule has 0 spiro atoms. The molecule has 0 saturated heterocycles. The molecule has 0 bridgehead atoms. The number of amides is 1. The van der Waals surface area contributed by atoms with Gasteiger partial charge in [-0.15, -0.1) is 0 Å². The van der Waals surface area contributed by atoms with Crippen molar-refractivity contribution < 1.29 is 14.3 Å². The summed E-state index contributed by atoms with van der Waals surface area (Å²) >= 11 is 0. The normalized spacial score (nSPS) is 11.6. The Bertz CT molecular complexity index is 617. The molecule has 0 heterocycles. The van der Waals surface area contributed by atoms with Crippen LogP contribution in [0.1, 0.15) is 18.0 Å². The van der Waals surface area contributed by atoms with Crippen molar-refractivity contribution in [2.24, 2.45) is 5.73 Å². The zero-order chi connectivity index (χ0) is 16.5. The maximum atomic E-state index is 12.0. The van der Waals surface area contributed by atoms with Gasteiger partial charge in [-0.3, -0.25) is 4.79 Å². The molecule has 1 atom stereocenters. The number of rotatable bonds is 8. The number of methoxy groups -OCH3 is 1. The zero-order valence-corrected chi connectivity index (χ0v) is 13.2. The largest absolute Gasteiger partial charge is 0.497 e. The van der Waals surface area contributed by atoms with Gasteiger partial charge in [-0.05, 0) is 24.1 Å². The number of hydrogen-bond acceptors (Lipinski definition) is 4. The average molecular weight is 314 g/mol. The smallest absolute Gasteiger partial charge is 0.241 e. The second-order valence-corrected chi connectivity index (χ2v) is 5.06. The predicted molar refractivity (Wildman–Crippen MR) is 89.5 cm³/mol. The quantitative estimate of drug-likeness (QED) is 0.733. The Morgan fingerprint density at radius 3 is 2.61 bits per heavy atom. The number of hydrogen-bond donors (Lipinski definition) is 2. The zero-order valence-electron chi connectivity index (χ0n) is 13.2. The number of nitrogens with one attached hydrogen (secondary N) is 1. The number of benzene rings is 2. The molecule has 2 rings (SSSR count). The summed E-state index contributed by atoms with van der Waals surface area (Å²) in [6.45, 7) is 1.03. The third kappa shape index (κ3) is 5.30. The van der Waals surface area contributed by atoms with Gasteiger partial charge in [0.1, 0.15) is 17.5 Å². The first kappa shape index (κ1) is 16.8. The molecule has 0 aromatic heterocycles. The summed E-state index contributed by atoms with van der Waals surface area (Å²) < 4.78 is 10.7. The van der Waals surface area contributed by atoms with E-state index >= 15 is 0 Å². The molecule has 1 unspecified atom stereocenters. The molecule has 5 heteroatoms. The van der Waals surface area contributed by atoms with E-state index in [2.05, 4.69) is 5.32 Å². The third-order valence-corrected chi connectivity index (χ3v) is 3.37. The molecule has 5 nitrogen and oxygen atoms in total. The van der Waals surface area contributed by atoms with Gasteiger partial charge in [0.05, 0.1) is 13.7 Å². The van der Waals surface area contributed by atoms with Crippen molar-refractivity contribution in [3.05, 3.63) is 60.2 Å². The van der Waals surface area contributed by atoms with Gasteiger partial charge in [0.25, 0.3) is 0 Å². The van der Waals surface area contributed by atoms with Crippen LogP contribution in [0, 0.1) is 0 Å². The van der Waals surface area contributed by atoms with Crippen LogP contribution in [0.15, 0.2) is 54.6 Å². The summed E-state index contributed by atoms with van der Waals surface area (Å²) in [5, 5.41) is 2.82. The highest BCUT2D eigenvalue weighted by Gasteiger charge is 2.14. The van der Waals surface area contributed by atoms with E-state index in [9.17, 15) is 4.79 Å². The van der Waals surface area contributed by atoms with Gasteiger partial charge >= 0.3 is 0 Å². The Kier molecular flexibility index (Phi) is 6.44. The van der Waals surface area contributed by atoms with Gasteiger partial charge in [-0.25, -0.2) is 0 Å². The van der Waals surface area contributed by atoms with E-state index in [0.717, 1.165) is 17.1 Å². The van der Waals surface area contributed by atoms with E-state index < -0.39 is 6.04 Å². The Hall–Kier alpha value is -2.53. The summed E-state index contributed by atoms with van der Waals surface area (Å²) in [7, 11) is 1.62. The molecule has 0 radical (unpaired) electrons. The highest BCUT2D eigenvalue weighted by Crippen LogP contribution is 2.18. The monoisotopic (exact) mass is 314 g/mol. The first-order valence-electron chi connectivity index (χ1n) is 7.56. The number of ether oxygens (including phenoxy) is 2. The molecule has 0 fully saturated rings. The molecular weight excluding hydrogens is 292 g/mol. The minimum absolute atomic E-state index is 0.183. The molecule has 122 valence electrons. The first-order chi connectivity index (χ1) is 11.2. The van der Waals surface area contributed by atoms with Crippen LogP contribution < -0.4 is 20.5 Å². The molecule has 0 aliphatic heterocycles. The molecule has 2 aromatic rings. The van der Waals surface area contributed by atoms with Crippen molar-refractivity contribution in [3.8, 4) is 11.5 Å². The maximum Gasteiger partial charge on any atom is 0.241 e. The highest BCUT2D eigenvalue weighted by molar-refractivity contribution is 5.82. The fourth-order valence-electron chi connectivity index (χ4n) is 2.09. The molecule has 1 amide bonds. The molecule has 0 aliphatic carbocycles. The Balaban J connectivity index is 1.68. The van der Waals surface area contributed by atoms with Gasteiger partial charge in [0.15, 0.2) is 0 Å². The van der Waals surface area contributed by atoms with Crippen LogP contribution in [0.5, 0.6) is 11.5 Å². The summed E-state index contributed by atoms with van der Waals surface area (Å²) in [5.41, 5.74) is 6.72. The highest BCUT2D eigenvalue weighted by atomic mass is 16.5. The fraction of sp³-hybridized carbons (Fsp3) is 0.278. The minimum atomic E-state index is -0.643. The van der Waals surface area contributed by atoms with E-state index in [0.29, 0.717) is 19.6 Å². The lowest BCUT2D eigenvalue weighted by atomic mass is 10.1. The Morgan fingerprint density at radius 1 is 1.13 bits per heavy atom. The molecule has 0 aliphatic rings. The molecular formula is C18H22N2O3. The molecule has 0 saturated carbocycles. The van der Waals surface area contributed by atoms with Crippen LogP contribution in [-0.2, 0) is 4.79 Å². The van der Waals surface area contributed by atoms with Crippen molar-refractivity contribution in [1.29, 1.82) is 0 Å².